The van der Waals surface area contributed by atoms with Crippen LogP contribution in [0.2, 0.25) is 0 Å². The first kappa shape index (κ1) is 16.2. The Balaban J connectivity index is 1.80. The van der Waals surface area contributed by atoms with E-state index in [2.05, 4.69) is 12.2 Å². The second kappa shape index (κ2) is 6.75. The van der Waals surface area contributed by atoms with Crippen molar-refractivity contribution in [3.05, 3.63) is 24.3 Å². The molecule has 1 saturated heterocycles. The van der Waals surface area contributed by atoms with Crippen molar-refractivity contribution in [3.8, 4) is 0 Å². The Kier molecular flexibility index (Phi) is 5.22. The molecule has 4 heteroatoms. The lowest BCUT2D eigenvalue weighted by Crippen LogP contribution is -2.44. The van der Waals surface area contributed by atoms with Crippen LogP contribution in [0.3, 0.4) is 0 Å². The van der Waals surface area contributed by atoms with Crippen molar-refractivity contribution in [2.24, 2.45) is 17.3 Å². The second-order valence-corrected chi connectivity index (χ2v) is 6.65. The fourth-order valence-corrected chi connectivity index (χ4v) is 2.16. The van der Waals surface area contributed by atoms with E-state index in [0.717, 1.165) is 6.42 Å². The highest BCUT2D eigenvalue weighted by Gasteiger charge is 2.36. The van der Waals surface area contributed by atoms with Crippen LogP contribution < -0.4 is 0 Å². The Morgan fingerprint density at radius 2 is 1.90 bits per heavy atom. The van der Waals surface area contributed by atoms with Crippen molar-refractivity contribution in [2.45, 2.75) is 46.5 Å². The molecule has 2 rings (SSSR count). The summed E-state index contributed by atoms with van der Waals surface area (Å²) < 4.78 is 17.0. The van der Waals surface area contributed by atoms with E-state index < -0.39 is 5.41 Å². The predicted octanol–water partition coefficient (Wildman–Crippen LogP) is 3.09. The van der Waals surface area contributed by atoms with Crippen molar-refractivity contribution in [2.75, 3.05) is 13.2 Å². The van der Waals surface area contributed by atoms with Crippen LogP contribution in [0.1, 0.15) is 34.1 Å². The summed E-state index contributed by atoms with van der Waals surface area (Å²) in [5, 5.41) is 0. The van der Waals surface area contributed by atoms with Crippen LogP contribution >= 0.6 is 0 Å². The summed E-state index contributed by atoms with van der Waals surface area (Å²) in [5.74, 6) is 0.287. The van der Waals surface area contributed by atoms with Gasteiger partial charge in [-0.15, -0.1) is 0 Å². The Morgan fingerprint density at radius 1 is 1.24 bits per heavy atom. The molecule has 21 heavy (non-hydrogen) atoms. The monoisotopic (exact) mass is 294 g/mol. The lowest BCUT2D eigenvalue weighted by atomic mass is 9.81. The summed E-state index contributed by atoms with van der Waals surface area (Å²) in [6, 6.07) is 0. The minimum Gasteiger partial charge on any atom is -0.457 e. The van der Waals surface area contributed by atoms with Crippen molar-refractivity contribution >= 4 is 5.97 Å². The van der Waals surface area contributed by atoms with E-state index in [1.807, 2.05) is 39.8 Å². The van der Waals surface area contributed by atoms with Gasteiger partial charge in [0.2, 0.25) is 0 Å². The highest BCUT2D eigenvalue weighted by Crippen LogP contribution is 2.29. The molecule has 118 valence electrons. The Bertz CT molecular complexity index is 415. The number of esters is 1. The van der Waals surface area contributed by atoms with Crippen LogP contribution in [-0.2, 0) is 19.0 Å². The van der Waals surface area contributed by atoms with E-state index in [1.54, 1.807) is 0 Å². The zero-order valence-corrected chi connectivity index (χ0v) is 13.4. The number of carbonyl (C=O) groups excluding carboxylic acids is 1. The first-order valence-electron chi connectivity index (χ1n) is 7.69. The maximum Gasteiger partial charge on any atom is 0.312 e. The molecule has 4 nitrogen and oxygen atoms in total. The van der Waals surface area contributed by atoms with Gasteiger partial charge in [0.25, 0.3) is 0 Å². The van der Waals surface area contributed by atoms with Gasteiger partial charge >= 0.3 is 5.97 Å². The highest BCUT2D eigenvalue weighted by molar-refractivity contribution is 5.76. The molecular formula is C17H26O4. The van der Waals surface area contributed by atoms with Gasteiger partial charge in [-0.25, -0.2) is 0 Å². The summed E-state index contributed by atoms with van der Waals surface area (Å²) in [6.07, 6.45) is 8.62. The van der Waals surface area contributed by atoms with Crippen molar-refractivity contribution in [1.82, 2.24) is 0 Å². The van der Waals surface area contributed by atoms with E-state index in [0.29, 0.717) is 13.2 Å². The van der Waals surface area contributed by atoms with Gasteiger partial charge in [-0.2, -0.15) is 0 Å². The molecule has 0 aromatic rings. The summed E-state index contributed by atoms with van der Waals surface area (Å²) in [6.45, 7) is 8.67. The molecule has 1 fully saturated rings. The van der Waals surface area contributed by atoms with Crippen molar-refractivity contribution in [3.63, 3.8) is 0 Å². The predicted molar refractivity (Wildman–Crippen MR) is 80.6 cm³/mol. The van der Waals surface area contributed by atoms with Crippen LogP contribution in [0, 0.1) is 17.3 Å². The maximum absolute atomic E-state index is 12.2. The first-order valence-corrected chi connectivity index (χ1v) is 7.69. The maximum atomic E-state index is 12.2. The van der Waals surface area contributed by atoms with E-state index >= 15 is 0 Å². The minimum atomic E-state index is -0.492. The number of rotatable bonds is 4. The topological polar surface area (TPSA) is 44.8 Å². The summed E-state index contributed by atoms with van der Waals surface area (Å²) >= 11 is 0. The summed E-state index contributed by atoms with van der Waals surface area (Å²) in [5.41, 5.74) is -0.492. The number of hydrogen-bond acceptors (Lipinski definition) is 4. The molecule has 1 unspecified atom stereocenters. The summed E-state index contributed by atoms with van der Waals surface area (Å²) in [4.78, 5) is 12.2. The standard InChI is InChI=1S/C17H26O4/c1-12(2)17(3,4)16(18)21-14-10-19-15(20-11-14)13-8-6-5-7-9-13/h5-8,12-15H,9-11H2,1-4H3/t13?,14-,15-. The van der Waals surface area contributed by atoms with Gasteiger partial charge in [0.05, 0.1) is 18.6 Å². The van der Waals surface area contributed by atoms with E-state index in [-0.39, 0.29) is 30.2 Å². The highest BCUT2D eigenvalue weighted by atomic mass is 16.7. The van der Waals surface area contributed by atoms with Gasteiger partial charge in [-0.1, -0.05) is 38.2 Å². The van der Waals surface area contributed by atoms with Gasteiger partial charge in [-0.3, -0.25) is 4.79 Å². The molecule has 0 amide bonds. The van der Waals surface area contributed by atoms with E-state index in [1.165, 1.54) is 0 Å². The molecule has 1 aliphatic carbocycles. The minimum absolute atomic E-state index is 0.186. The second-order valence-electron chi connectivity index (χ2n) is 6.65. The van der Waals surface area contributed by atoms with Crippen LogP contribution in [0.25, 0.3) is 0 Å². The largest absolute Gasteiger partial charge is 0.457 e. The third kappa shape index (κ3) is 3.95. The molecule has 1 atom stereocenters. The zero-order valence-electron chi connectivity index (χ0n) is 13.4. The molecule has 0 aromatic carbocycles. The first-order chi connectivity index (χ1) is 9.91. The molecule has 1 aliphatic heterocycles. The van der Waals surface area contributed by atoms with Crippen molar-refractivity contribution < 1.29 is 19.0 Å². The average Bonchev–Trinajstić information content (AvgIpc) is 2.48. The smallest absolute Gasteiger partial charge is 0.312 e. The third-order valence-electron chi connectivity index (χ3n) is 4.50. The zero-order chi connectivity index (χ0) is 15.5. The molecule has 0 aromatic heterocycles. The van der Waals surface area contributed by atoms with Gasteiger partial charge in [0.1, 0.15) is 6.10 Å². The fourth-order valence-electron chi connectivity index (χ4n) is 2.16. The molecular weight excluding hydrogens is 268 g/mol. The number of allylic oxidation sites excluding steroid dienone is 3. The van der Waals surface area contributed by atoms with Gasteiger partial charge in [0.15, 0.2) is 6.29 Å². The third-order valence-corrected chi connectivity index (χ3v) is 4.50. The Hall–Kier alpha value is -1.13. The lowest BCUT2D eigenvalue weighted by Gasteiger charge is -2.35. The fraction of sp³-hybridized carbons (Fsp3) is 0.706. The summed E-state index contributed by atoms with van der Waals surface area (Å²) in [7, 11) is 0. The van der Waals surface area contributed by atoms with Crippen molar-refractivity contribution in [1.29, 1.82) is 0 Å². The SMILES string of the molecule is CC(C)C(C)(C)C(=O)O[C@H]1CO[C@H](C2C=CC=CC2)OC1. The number of ether oxygens (including phenoxy) is 3. The Labute approximate surface area is 127 Å². The molecule has 2 aliphatic rings. The van der Waals surface area contributed by atoms with Gasteiger partial charge < -0.3 is 14.2 Å². The molecule has 0 radical (unpaired) electrons. The molecule has 0 bridgehead atoms. The molecule has 0 saturated carbocycles. The molecule has 1 heterocycles. The van der Waals surface area contributed by atoms with Crippen LogP contribution in [0.5, 0.6) is 0 Å². The van der Waals surface area contributed by atoms with E-state index in [4.69, 9.17) is 14.2 Å². The van der Waals surface area contributed by atoms with Gasteiger partial charge in [-0.05, 0) is 26.2 Å². The van der Waals surface area contributed by atoms with Crippen LogP contribution in [0.4, 0.5) is 0 Å². The lowest BCUT2D eigenvalue weighted by molar-refractivity contribution is -0.241. The van der Waals surface area contributed by atoms with Crippen LogP contribution in [-0.4, -0.2) is 31.6 Å². The Morgan fingerprint density at radius 3 is 2.43 bits per heavy atom. The van der Waals surface area contributed by atoms with E-state index in [9.17, 15) is 4.79 Å². The normalized spacial score (nSPS) is 29.7. The number of hydrogen-bond donors (Lipinski definition) is 0. The molecule has 0 spiro atoms. The number of carbonyl (C=O) groups is 1. The van der Waals surface area contributed by atoms with Crippen LogP contribution in [0.15, 0.2) is 24.3 Å². The molecule has 0 N–H and O–H groups in total. The van der Waals surface area contributed by atoms with Gasteiger partial charge in [0, 0.05) is 5.92 Å². The quantitative estimate of drug-likeness (QED) is 0.747. The average molecular weight is 294 g/mol.